The predicted molar refractivity (Wildman–Crippen MR) is 159 cm³/mol. The average Bonchev–Trinajstić information content (AvgIpc) is 3.54. The number of allylic oxidation sites excluding steroid dienone is 1. The first-order valence-corrected chi connectivity index (χ1v) is 15.6. The van der Waals surface area contributed by atoms with Crippen LogP contribution in [0, 0.1) is 17.3 Å². The number of carboxylic acids is 1. The highest BCUT2D eigenvalue weighted by Crippen LogP contribution is 2.56. The second kappa shape index (κ2) is 14.7. The first-order valence-electron chi connectivity index (χ1n) is 15.6. The number of cyclic esters (lactones) is 1. The van der Waals surface area contributed by atoms with Crippen LogP contribution in [0.15, 0.2) is 36.9 Å². The highest BCUT2D eigenvalue weighted by Gasteiger charge is 2.61. The van der Waals surface area contributed by atoms with Crippen LogP contribution in [0.5, 0.6) is 0 Å². The molecule has 2 bridgehead atoms. The molecule has 0 unspecified atom stereocenters. The third kappa shape index (κ3) is 8.03. The van der Waals surface area contributed by atoms with E-state index in [9.17, 15) is 29.1 Å². The summed E-state index contributed by atoms with van der Waals surface area (Å²) < 4.78 is 11.2. The minimum absolute atomic E-state index is 0.0209. The van der Waals surface area contributed by atoms with Crippen LogP contribution < -0.4 is 5.32 Å². The van der Waals surface area contributed by atoms with E-state index in [1.165, 1.54) is 4.90 Å². The van der Waals surface area contributed by atoms with Gasteiger partial charge in [-0.1, -0.05) is 56.9 Å². The number of aryl methyl sites for hydroxylation is 1. The van der Waals surface area contributed by atoms with Gasteiger partial charge < -0.3 is 19.5 Å². The maximum Gasteiger partial charge on any atom is 0.411 e. The Kier molecular flexibility index (Phi) is 11.0. The van der Waals surface area contributed by atoms with Gasteiger partial charge in [0.1, 0.15) is 6.10 Å². The normalized spacial score (nSPS) is 28.7. The molecule has 2 N–H and O–H groups in total. The van der Waals surface area contributed by atoms with Gasteiger partial charge in [0.2, 0.25) is 5.91 Å². The number of anilines is 1. The van der Waals surface area contributed by atoms with Crippen molar-refractivity contribution in [1.82, 2.24) is 4.90 Å². The number of hydrogen-bond acceptors (Lipinski definition) is 7. The van der Waals surface area contributed by atoms with Crippen molar-refractivity contribution in [1.29, 1.82) is 0 Å². The number of unbranched alkanes of at least 4 members (excludes halogenated alkanes) is 1. The Bertz CT molecular complexity index is 1220. The van der Waals surface area contributed by atoms with Crippen molar-refractivity contribution >= 4 is 35.4 Å². The van der Waals surface area contributed by atoms with Crippen LogP contribution in [0.25, 0.3) is 0 Å². The lowest BCUT2D eigenvalue weighted by molar-refractivity contribution is -0.151. The Morgan fingerprint density at radius 3 is 2.65 bits per heavy atom. The molecule has 1 saturated carbocycles. The van der Waals surface area contributed by atoms with Crippen molar-refractivity contribution in [3.8, 4) is 0 Å². The van der Waals surface area contributed by atoms with Crippen molar-refractivity contribution in [3.05, 3.63) is 42.5 Å². The SMILES string of the molecule is C=C[C@@H]1C[C@]1(CC(=O)[C@@H]1C[C@@H]2CN1C(=O)[C@H](CCCC)CC(=O)OCCCCCCc1ccccc1NC(=O)O2)C(=O)O. The summed E-state index contributed by atoms with van der Waals surface area (Å²) in [4.78, 5) is 66.9. The van der Waals surface area contributed by atoms with E-state index in [2.05, 4.69) is 11.9 Å². The van der Waals surface area contributed by atoms with Gasteiger partial charge >= 0.3 is 18.0 Å². The van der Waals surface area contributed by atoms with Gasteiger partial charge in [-0.05, 0) is 49.7 Å². The fourth-order valence-electron chi connectivity index (χ4n) is 6.39. The van der Waals surface area contributed by atoms with Crippen molar-refractivity contribution < 1.29 is 38.6 Å². The molecule has 1 aliphatic carbocycles. The number of nitrogens with one attached hydrogen (secondary N) is 1. The van der Waals surface area contributed by atoms with Crippen LogP contribution in [-0.2, 0) is 35.1 Å². The maximum absolute atomic E-state index is 14.0. The molecule has 0 aromatic heterocycles. The van der Waals surface area contributed by atoms with Crippen molar-refractivity contribution in [3.63, 3.8) is 0 Å². The second-order valence-electron chi connectivity index (χ2n) is 12.1. The van der Waals surface area contributed by atoms with Crippen LogP contribution >= 0.6 is 0 Å². The van der Waals surface area contributed by atoms with E-state index in [1.807, 2.05) is 31.2 Å². The number of ketones is 1. The van der Waals surface area contributed by atoms with Crippen molar-refractivity contribution in [2.75, 3.05) is 18.5 Å². The molecule has 5 atom stereocenters. The van der Waals surface area contributed by atoms with E-state index in [1.54, 1.807) is 6.08 Å². The minimum atomic E-state index is -1.23. The minimum Gasteiger partial charge on any atom is -0.481 e. The van der Waals surface area contributed by atoms with Crippen LogP contribution in [0.4, 0.5) is 10.5 Å². The number of hydrogen-bond donors (Lipinski definition) is 2. The average molecular weight is 597 g/mol. The maximum atomic E-state index is 14.0. The lowest BCUT2D eigenvalue weighted by Gasteiger charge is -2.28. The number of esters is 1. The number of benzene rings is 1. The number of carbonyl (C=O) groups excluding carboxylic acids is 4. The Labute approximate surface area is 253 Å². The van der Waals surface area contributed by atoms with E-state index in [0.29, 0.717) is 31.4 Å². The fourth-order valence-corrected chi connectivity index (χ4v) is 6.39. The topological polar surface area (TPSA) is 139 Å². The number of Topliss-reactive ketones (excluding diaryl/α,β-unsaturated/α-hetero) is 1. The summed E-state index contributed by atoms with van der Waals surface area (Å²) in [6.45, 7) is 5.95. The Morgan fingerprint density at radius 2 is 1.93 bits per heavy atom. The Hall–Kier alpha value is -3.69. The van der Waals surface area contributed by atoms with E-state index < -0.39 is 47.3 Å². The molecule has 1 aromatic rings. The molecule has 2 fully saturated rings. The monoisotopic (exact) mass is 596 g/mol. The lowest BCUT2D eigenvalue weighted by Crippen LogP contribution is -2.45. The molecule has 4 rings (SSSR count). The largest absolute Gasteiger partial charge is 0.481 e. The molecule has 43 heavy (non-hydrogen) atoms. The smallest absolute Gasteiger partial charge is 0.411 e. The molecule has 0 spiro atoms. The summed E-state index contributed by atoms with van der Waals surface area (Å²) in [5, 5.41) is 12.7. The van der Waals surface area contributed by atoms with E-state index in [0.717, 1.165) is 37.7 Å². The van der Waals surface area contributed by atoms with Gasteiger partial charge in [0.05, 0.1) is 31.0 Å². The van der Waals surface area contributed by atoms with Crippen LogP contribution in [0.2, 0.25) is 0 Å². The number of carbonyl (C=O) groups is 5. The molecular weight excluding hydrogens is 552 g/mol. The molecular formula is C33H44N2O8. The van der Waals surface area contributed by atoms with Gasteiger partial charge in [0.15, 0.2) is 5.78 Å². The highest BCUT2D eigenvalue weighted by atomic mass is 16.6. The summed E-state index contributed by atoms with van der Waals surface area (Å²) >= 11 is 0. The van der Waals surface area contributed by atoms with Gasteiger partial charge in [0.25, 0.3) is 0 Å². The van der Waals surface area contributed by atoms with Gasteiger partial charge in [-0.25, -0.2) is 4.79 Å². The lowest BCUT2D eigenvalue weighted by atomic mass is 9.91. The zero-order valence-corrected chi connectivity index (χ0v) is 25.1. The first kappa shape index (κ1) is 32.2. The molecule has 234 valence electrons. The summed E-state index contributed by atoms with van der Waals surface area (Å²) in [5.41, 5.74) is 0.383. The molecule has 3 aliphatic rings. The molecule has 1 saturated heterocycles. The van der Waals surface area contributed by atoms with Crippen LogP contribution in [-0.4, -0.2) is 65.0 Å². The summed E-state index contributed by atoms with van der Waals surface area (Å²) in [5.74, 6) is -3.30. The van der Waals surface area contributed by atoms with Gasteiger partial charge in [-0.3, -0.25) is 24.5 Å². The molecule has 10 heteroatoms. The first-order chi connectivity index (χ1) is 20.7. The zero-order chi connectivity index (χ0) is 31.0. The molecule has 10 nitrogen and oxygen atoms in total. The van der Waals surface area contributed by atoms with E-state index >= 15 is 0 Å². The quantitative estimate of drug-likeness (QED) is 0.305. The Morgan fingerprint density at radius 1 is 1.16 bits per heavy atom. The molecule has 1 aromatic carbocycles. The zero-order valence-electron chi connectivity index (χ0n) is 25.1. The highest BCUT2D eigenvalue weighted by molar-refractivity contribution is 5.95. The molecule has 2 amide bonds. The van der Waals surface area contributed by atoms with Gasteiger partial charge in [-0.2, -0.15) is 0 Å². The number of para-hydroxylation sites is 1. The number of ether oxygens (including phenoxy) is 2. The van der Waals surface area contributed by atoms with Crippen LogP contribution in [0.3, 0.4) is 0 Å². The number of aliphatic carboxylic acids is 1. The van der Waals surface area contributed by atoms with E-state index in [-0.39, 0.29) is 44.2 Å². The number of nitrogens with zero attached hydrogens (tertiary/aromatic N) is 1. The molecule has 2 aliphatic heterocycles. The predicted octanol–water partition coefficient (Wildman–Crippen LogP) is 5.30. The number of carboxylic acid groups (broad SMARTS) is 1. The third-order valence-corrected chi connectivity index (χ3v) is 9.05. The standard InChI is InChI=1S/C33H44N2O8/c1-3-5-12-23-17-29(37)42-16-11-7-6-8-13-22-14-9-10-15-26(22)34-32(41)43-25-18-27(35(21-25)30(23)38)28(36)20-33(31(39)40)19-24(33)4-2/h4,9-10,14-15,23-25,27H,2-3,5-8,11-13,16-21H2,1H3,(H,34,41)(H,39,40)/t23-,24-,25-,27+,33-/m1/s1. The summed E-state index contributed by atoms with van der Waals surface area (Å²) in [6, 6.07) is 6.54. The van der Waals surface area contributed by atoms with E-state index in [4.69, 9.17) is 9.47 Å². The second-order valence-corrected chi connectivity index (χ2v) is 12.1. The molecule has 0 radical (unpaired) electrons. The van der Waals surface area contributed by atoms with Gasteiger partial charge in [0, 0.05) is 24.4 Å². The summed E-state index contributed by atoms with van der Waals surface area (Å²) in [6.07, 6.45) is 6.28. The third-order valence-electron chi connectivity index (χ3n) is 9.05. The number of rotatable bonds is 8. The van der Waals surface area contributed by atoms with Crippen LogP contribution in [0.1, 0.15) is 83.1 Å². The number of fused-ring (bicyclic) bond motifs is 3. The van der Waals surface area contributed by atoms with Gasteiger partial charge in [-0.15, -0.1) is 6.58 Å². The van der Waals surface area contributed by atoms with Crippen molar-refractivity contribution in [2.24, 2.45) is 17.3 Å². The molecule has 2 heterocycles. The van der Waals surface area contributed by atoms with Crippen molar-refractivity contribution in [2.45, 2.75) is 96.1 Å². The Balaban J connectivity index is 1.59. The summed E-state index contributed by atoms with van der Waals surface area (Å²) in [7, 11) is 0. The number of amides is 2. The fraction of sp³-hybridized carbons (Fsp3) is 0.606.